The second-order valence-corrected chi connectivity index (χ2v) is 8.85. The van der Waals surface area contributed by atoms with Gasteiger partial charge in [0, 0.05) is 22.3 Å². The first-order chi connectivity index (χ1) is 19.1. The number of fused-ring (bicyclic) bond motifs is 1. The third-order valence-corrected chi connectivity index (χ3v) is 6.48. The highest BCUT2D eigenvalue weighted by Crippen LogP contribution is 2.39. The van der Waals surface area contributed by atoms with E-state index in [1.807, 2.05) is 78.9 Å². The van der Waals surface area contributed by atoms with Crippen LogP contribution < -0.4 is 4.90 Å². The van der Waals surface area contributed by atoms with Gasteiger partial charge in [-0.3, -0.25) is 0 Å². The lowest BCUT2D eigenvalue weighted by molar-refractivity contribution is 0.282. The Bertz CT molecular complexity index is 1780. The SMILES string of the molecule is [C-]#[N+]c1cc(C#N)cc([N+]#[C-])c1C=Cc1ccc(N(c2ccc(CO)cc2)c2cccc3ccccc23)cc1. The topological polar surface area (TPSA) is 56.0 Å². The largest absolute Gasteiger partial charge is 0.392 e. The summed E-state index contributed by atoms with van der Waals surface area (Å²) in [6.07, 6.45) is 3.62. The van der Waals surface area contributed by atoms with Crippen LogP contribution in [0.1, 0.15) is 22.3 Å². The van der Waals surface area contributed by atoms with Crippen LogP contribution in [0.2, 0.25) is 0 Å². The maximum atomic E-state index is 9.53. The van der Waals surface area contributed by atoms with E-state index >= 15 is 0 Å². The van der Waals surface area contributed by atoms with Crippen molar-refractivity contribution in [3.8, 4) is 6.07 Å². The highest BCUT2D eigenvalue weighted by Gasteiger charge is 2.15. The predicted molar refractivity (Wildman–Crippen MR) is 157 cm³/mol. The third kappa shape index (κ3) is 5.10. The van der Waals surface area contributed by atoms with Gasteiger partial charge < -0.3 is 10.0 Å². The Kier molecular flexibility index (Phi) is 7.15. The molecule has 5 rings (SSSR count). The van der Waals surface area contributed by atoms with Crippen molar-refractivity contribution in [1.82, 2.24) is 0 Å². The number of nitriles is 1. The lowest BCUT2D eigenvalue weighted by Gasteiger charge is -2.27. The molecule has 0 saturated carbocycles. The van der Waals surface area contributed by atoms with Crippen LogP contribution in [0.4, 0.5) is 28.4 Å². The fourth-order valence-electron chi connectivity index (χ4n) is 4.54. The molecule has 5 heteroatoms. The van der Waals surface area contributed by atoms with Gasteiger partial charge in [0.2, 0.25) is 0 Å². The van der Waals surface area contributed by atoms with Gasteiger partial charge >= 0.3 is 0 Å². The molecule has 184 valence electrons. The molecule has 0 radical (unpaired) electrons. The van der Waals surface area contributed by atoms with Crippen molar-refractivity contribution in [2.24, 2.45) is 0 Å². The van der Waals surface area contributed by atoms with Crippen molar-refractivity contribution < 1.29 is 5.11 Å². The van der Waals surface area contributed by atoms with Crippen molar-refractivity contribution in [2.45, 2.75) is 6.61 Å². The Hall–Kier alpha value is -5.67. The molecule has 0 fully saturated rings. The predicted octanol–water partition coefficient (Wildman–Crippen LogP) is 8.95. The van der Waals surface area contributed by atoms with Crippen LogP contribution in [-0.2, 0) is 6.61 Å². The van der Waals surface area contributed by atoms with E-state index in [0.29, 0.717) is 11.1 Å². The number of aliphatic hydroxyl groups is 1. The zero-order chi connectivity index (χ0) is 27.2. The van der Waals surface area contributed by atoms with Gasteiger partial charge in [-0.05, 0) is 64.5 Å². The van der Waals surface area contributed by atoms with Crippen LogP contribution in [0.15, 0.2) is 103 Å². The summed E-state index contributed by atoms with van der Waals surface area (Å²) in [4.78, 5) is 9.23. The molecular formula is C34H22N4O. The molecule has 5 aromatic carbocycles. The monoisotopic (exact) mass is 502 g/mol. The standard InChI is InChI=1S/C34H22N4O/c1-36-32-20-26(22-35)21-33(37-2)31(32)19-14-24-10-15-28(16-11-24)38(29-17-12-25(23-39)13-18-29)34-9-5-7-27-6-3-4-8-30(27)34/h3-21,39H,23H2. The van der Waals surface area contributed by atoms with Crippen LogP contribution in [0, 0.1) is 24.5 Å². The molecule has 0 aliphatic heterocycles. The van der Waals surface area contributed by atoms with E-state index < -0.39 is 0 Å². The second kappa shape index (κ2) is 11.2. The molecule has 0 aliphatic carbocycles. The summed E-state index contributed by atoms with van der Waals surface area (Å²) >= 11 is 0. The molecule has 0 unspecified atom stereocenters. The van der Waals surface area contributed by atoms with Crippen LogP contribution in [0.3, 0.4) is 0 Å². The first-order valence-corrected chi connectivity index (χ1v) is 12.2. The number of nitrogens with zero attached hydrogens (tertiary/aromatic N) is 4. The Morgan fingerprint density at radius 3 is 2.00 bits per heavy atom. The van der Waals surface area contributed by atoms with Crippen molar-refractivity contribution in [1.29, 1.82) is 5.26 Å². The first-order valence-electron chi connectivity index (χ1n) is 12.2. The average Bonchev–Trinajstić information content (AvgIpc) is 3.00. The maximum absolute atomic E-state index is 9.53. The zero-order valence-corrected chi connectivity index (χ0v) is 20.9. The lowest BCUT2D eigenvalue weighted by atomic mass is 10.0. The van der Waals surface area contributed by atoms with E-state index in [2.05, 4.69) is 38.9 Å². The number of benzene rings is 5. The maximum Gasteiger partial charge on any atom is 0.185 e. The van der Waals surface area contributed by atoms with Gasteiger partial charge in [0.15, 0.2) is 11.4 Å². The smallest absolute Gasteiger partial charge is 0.185 e. The van der Waals surface area contributed by atoms with Crippen molar-refractivity contribution in [2.75, 3.05) is 4.90 Å². The number of rotatable bonds is 6. The van der Waals surface area contributed by atoms with Gasteiger partial charge in [-0.1, -0.05) is 72.8 Å². The van der Waals surface area contributed by atoms with E-state index in [9.17, 15) is 10.4 Å². The van der Waals surface area contributed by atoms with Crippen molar-refractivity contribution in [3.63, 3.8) is 0 Å². The molecular weight excluding hydrogens is 480 g/mol. The summed E-state index contributed by atoms with van der Waals surface area (Å²) in [6, 6.07) is 35.4. The minimum absolute atomic E-state index is 0.0146. The van der Waals surface area contributed by atoms with Gasteiger partial charge in [-0.2, -0.15) is 5.26 Å². The van der Waals surface area contributed by atoms with E-state index in [-0.39, 0.29) is 18.0 Å². The minimum Gasteiger partial charge on any atom is -0.392 e. The number of hydrogen-bond donors (Lipinski definition) is 1. The summed E-state index contributed by atoms with van der Waals surface area (Å²) < 4.78 is 0. The van der Waals surface area contributed by atoms with E-state index in [0.717, 1.165) is 39.0 Å². The first kappa shape index (κ1) is 25.0. The lowest BCUT2D eigenvalue weighted by Crippen LogP contribution is -2.10. The molecule has 0 spiro atoms. The summed E-state index contributed by atoms with van der Waals surface area (Å²) in [5.41, 5.74) is 6.08. The molecule has 0 aromatic heterocycles. The number of anilines is 3. The highest BCUT2D eigenvalue weighted by molar-refractivity contribution is 5.99. The normalized spacial score (nSPS) is 10.6. The molecule has 0 atom stereocenters. The summed E-state index contributed by atoms with van der Waals surface area (Å²) in [7, 11) is 0. The number of aliphatic hydroxyl groups excluding tert-OH is 1. The fourth-order valence-corrected chi connectivity index (χ4v) is 4.54. The van der Waals surface area contributed by atoms with Crippen molar-refractivity contribution in [3.05, 3.63) is 148 Å². The fraction of sp³-hybridized carbons (Fsp3) is 0.0294. The van der Waals surface area contributed by atoms with Crippen molar-refractivity contribution >= 4 is 51.4 Å². The van der Waals surface area contributed by atoms with E-state index in [1.54, 1.807) is 6.08 Å². The molecule has 5 aromatic rings. The van der Waals surface area contributed by atoms with Gasteiger partial charge in [0.05, 0.1) is 31.5 Å². The molecule has 0 amide bonds. The van der Waals surface area contributed by atoms with Crippen LogP contribution in [0.5, 0.6) is 0 Å². The van der Waals surface area contributed by atoms with E-state index in [1.165, 1.54) is 12.1 Å². The highest BCUT2D eigenvalue weighted by atomic mass is 16.3. The van der Waals surface area contributed by atoms with Gasteiger partial charge in [0.25, 0.3) is 0 Å². The Labute approximate surface area is 227 Å². The Balaban J connectivity index is 1.55. The van der Waals surface area contributed by atoms with Gasteiger partial charge in [-0.15, -0.1) is 0 Å². The molecule has 0 bridgehead atoms. The summed E-state index contributed by atoms with van der Waals surface area (Å²) in [5, 5.41) is 21.0. The summed E-state index contributed by atoms with van der Waals surface area (Å²) in [5.74, 6) is 0. The average molecular weight is 503 g/mol. The van der Waals surface area contributed by atoms with Crippen LogP contribution in [0.25, 0.3) is 32.6 Å². The van der Waals surface area contributed by atoms with Gasteiger partial charge in [-0.25, -0.2) is 9.69 Å². The third-order valence-electron chi connectivity index (χ3n) is 6.48. The van der Waals surface area contributed by atoms with Crippen LogP contribution >= 0.6 is 0 Å². The molecule has 0 saturated heterocycles. The Morgan fingerprint density at radius 2 is 1.38 bits per heavy atom. The molecule has 1 N–H and O–H groups in total. The molecule has 39 heavy (non-hydrogen) atoms. The zero-order valence-electron chi connectivity index (χ0n) is 20.9. The van der Waals surface area contributed by atoms with E-state index in [4.69, 9.17) is 13.1 Å². The molecule has 0 aliphatic rings. The minimum atomic E-state index is -0.0146. The number of hydrogen-bond acceptors (Lipinski definition) is 3. The molecule has 5 nitrogen and oxygen atoms in total. The molecule has 0 heterocycles. The summed E-state index contributed by atoms with van der Waals surface area (Å²) in [6.45, 7) is 15.0. The second-order valence-electron chi connectivity index (χ2n) is 8.85. The quantitative estimate of drug-likeness (QED) is 0.186. The van der Waals surface area contributed by atoms with Gasteiger partial charge in [0.1, 0.15) is 0 Å². The Morgan fingerprint density at radius 1 is 0.769 bits per heavy atom. The van der Waals surface area contributed by atoms with Crippen LogP contribution in [-0.4, -0.2) is 5.11 Å².